The van der Waals surface area contributed by atoms with Gasteiger partial charge in [-0.15, -0.1) is 23.5 Å². The Labute approximate surface area is 64.6 Å². The third-order valence-electron chi connectivity index (χ3n) is 1.36. The van der Waals surface area contributed by atoms with Crippen molar-refractivity contribution < 1.29 is 5.11 Å². The molecule has 0 aromatic rings. The molecule has 3 heteroatoms. The summed E-state index contributed by atoms with van der Waals surface area (Å²) in [4.78, 5) is 0. The third-order valence-corrected chi connectivity index (χ3v) is 4.30. The Hall–Kier alpha value is 0.660. The average Bonchev–Trinajstić information content (AvgIpc) is 2.34. The summed E-state index contributed by atoms with van der Waals surface area (Å²) >= 11 is 4.00. The number of hydrogen-bond donors (Lipinski definition) is 0. The van der Waals surface area contributed by atoms with Gasteiger partial charge in [0.15, 0.2) is 0 Å². The molecule has 1 fully saturated rings. The summed E-state index contributed by atoms with van der Waals surface area (Å²) in [6, 6.07) is 0. The Morgan fingerprint density at radius 1 is 1.56 bits per heavy atom. The second kappa shape index (κ2) is 4.47. The maximum absolute atomic E-state index is 10.1. The van der Waals surface area contributed by atoms with E-state index < -0.39 is 0 Å². The molecule has 0 aromatic heterocycles. The number of thioether (sulfide) groups is 2. The molecule has 1 heterocycles. The van der Waals surface area contributed by atoms with Crippen LogP contribution < -0.4 is 0 Å². The predicted octanol–water partition coefficient (Wildman–Crippen LogP) is 2.00. The standard InChI is InChI=1S/C6H11OS2/c7-3-1-2-6-4-8-5-9-6/h6H,1-5H2. The van der Waals surface area contributed by atoms with Gasteiger partial charge in [0.25, 0.3) is 0 Å². The zero-order valence-corrected chi connectivity index (χ0v) is 6.97. The van der Waals surface area contributed by atoms with Gasteiger partial charge < -0.3 is 0 Å². The van der Waals surface area contributed by atoms with E-state index in [0.717, 1.165) is 18.1 Å². The van der Waals surface area contributed by atoms with E-state index in [1.54, 1.807) is 0 Å². The van der Waals surface area contributed by atoms with Crippen molar-refractivity contribution in [2.24, 2.45) is 0 Å². The number of hydrogen-bond acceptors (Lipinski definition) is 2. The predicted molar refractivity (Wildman–Crippen MR) is 43.5 cm³/mol. The molecule has 1 rings (SSSR count). The molecule has 1 atom stereocenters. The Morgan fingerprint density at radius 3 is 3.00 bits per heavy atom. The van der Waals surface area contributed by atoms with Gasteiger partial charge in [-0.25, -0.2) is 5.11 Å². The smallest absolute Gasteiger partial charge is 0.0822 e. The summed E-state index contributed by atoms with van der Waals surface area (Å²) in [5.41, 5.74) is 0. The summed E-state index contributed by atoms with van der Waals surface area (Å²) in [6.07, 6.45) is 2.01. The first-order chi connectivity index (χ1) is 4.43. The van der Waals surface area contributed by atoms with Crippen LogP contribution in [0.1, 0.15) is 12.8 Å². The van der Waals surface area contributed by atoms with Crippen LogP contribution in [0.25, 0.3) is 0 Å². The lowest BCUT2D eigenvalue weighted by Crippen LogP contribution is -2.00. The minimum Gasteiger partial charge on any atom is -0.237 e. The molecule has 53 valence electrons. The van der Waals surface area contributed by atoms with Crippen molar-refractivity contribution in [2.45, 2.75) is 18.1 Å². The van der Waals surface area contributed by atoms with Crippen LogP contribution in [-0.2, 0) is 5.11 Å². The molecule has 0 spiro atoms. The Morgan fingerprint density at radius 2 is 2.44 bits per heavy atom. The zero-order valence-electron chi connectivity index (χ0n) is 5.34. The van der Waals surface area contributed by atoms with Gasteiger partial charge >= 0.3 is 0 Å². The van der Waals surface area contributed by atoms with Crippen LogP contribution >= 0.6 is 23.5 Å². The highest BCUT2D eigenvalue weighted by Crippen LogP contribution is 2.31. The Bertz CT molecular complexity index is 71.5. The van der Waals surface area contributed by atoms with Crippen LogP contribution in [0.5, 0.6) is 0 Å². The molecule has 1 saturated heterocycles. The summed E-state index contributed by atoms with van der Waals surface area (Å²) in [7, 11) is 0. The second-order valence-corrected chi connectivity index (χ2v) is 4.81. The molecule has 9 heavy (non-hydrogen) atoms. The van der Waals surface area contributed by atoms with Crippen LogP contribution in [0, 0.1) is 0 Å². The van der Waals surface area contributed by atoms with Gasteiger partial charge in [-0.05, 0) is 12.8 Å². The average molecular weight is 163 g/mol. The van der Waals surface area contributed by atoms with E-state index in [1.165, 1.54) is 10.8 Å². The van der Waals surface area contributed by atoms with Crippen molar-refractivity contribution in [2.75, 3.05) is 17.4 Å². The van der Waals surface area contributed by atoms with Crippen molar-refractivity contribution >= 4 is 23.5 Å². The van der Waals surface area contributed by atoms with Crippen molar-refractivity contribution in [1.29, 1.82) is 0 Å². The molecule has 1 unspecified atom stereocenters. The van der Waals surface area contributed by atoms with E-state index in [-0.39, 0.29) is 6.61 Å². The third kappa shape index (κ3) is 2.83. The van der Waals surface area contributed by atoms with Gasteiger partial charge in [0.1, 0.15) is 0 Å². The van der Waals surface area contributed by atoms with E-state index in [9.17, 15) is 5.11 Å². The fourth-order valence-electron chi connectivity index (χ4n) is 0.850. The van der Waals surface area contributed by atoms with Gasteiger partial charge in [-0.2, -0.15) is 0 Å². The first-order valence-corrected chi connectivity index (χ1v) is 5.41. The fraction of sp³-hybridized carbons (Fsp3) is 1.00. The van der Waals surface area contributed by atoms with Crippen LogP contribution in [0.4, 0.5) is 0 Å². The lowest BCUT2D eigenvalue weighted by molar-refractivity contribution is 0.187. The maximum Gasteiger partial charge on any atom is 0.0822 e. The second-order valence-electron chi connectivity index (χ2n) is 2.12. The summed E-state index contributed by atoms with van der Waals surface area (Å²) in [5, 5.41) is 12.1. The van der Waals surface area contributed by atoms with Crippen LogP contribution in [0.3, 0.4) is 0 Å². The van der Waals surface area contributed by atoms with Gasteiger partial charge in [-0.1, -0.05) is 0 Å². The highest BCUT2D eigenvalue weighted by atomic mass is 32.2. The molecule has 1 aliphatic rings. The van der Waals surface area contributed by atoms with Gasteiger partial charge in [0.05, 0.1) is 6.61 Å². The van der Waals surface area contributed by atoms with E-state index in [4.69, 9.17) is 0 Å². The van der Waals surface area contributed by atoms with Crippen LogP contribution in [0.2, 0.25) is 0 Å². The van der Waals surface area contributed by atoms with E-state index in [0.29, 0.717) is 0 Å². The largest absolute Gasteiger partial charge is 0.237 e. The van der Waals surface area contributed by atoms with Crippen LogP contribution in [0.15, 0.2) is 0 Å². The lowest BCUT2D eigenvalue weighted by atomic mass is 10.2. The molecule has 0 aromatic carbocycles. The molecule has 0 amide bonds. The first kappa shape index (κ1) is 7.76. The Balaban J connectivity index is 1.98. The maximum atomic E-state index is 10.1. The minimum atomic E-state index is 0.113. The fourth-order valence-corrected chi connectivity index (χ4v) is 3.83. The molecular weight excluding hydrogens is 152 g/mol. The van der Waals surface area contributed by atoms with E-state index in [1.807, 2.05) is 23.5 Å². The highest BCUT2D eigenvalue weighted by Gasteiger charge is 2.14. The van der Waals surface area contributed by atoms with Crippen LogP contribution in [-0.4, -0.2) is 22.7 Å². The number of rotatable bonds is 3. The summed E-state index contributed by atoms with van der Waals surface area (Å²) < 4.78 is 0. The monoisotopic (exact) mass is 163 g/mol. The lowest BCUT2D eigenvalue weighted by Gasteiger charge is -2.02. The molecule has 0 aliphatic carbocycles. The summed E-state index contributed by atoms with van der Waals surface area (Å²) in [6.45, 7) is 0.113. The molecule has 0 N–H and O–H groups in total. The van der Waals surface area contributed by atoms with Gasteiger partial charge in [-0.3, -0.25) is 0 Å². The SMILES string of the molecule is [O]CCCC1CSCS1. The van der Waals surface area contributed by atoms with Crippen molar-refractivity contribution in [3.63, 3.8) is 0 Å². The first-order valence-electron chi connectivity index (χ1n) is 3.21. The molecule has 1 aliphatic heterocycles. The van der Waals surface area contributed by atoms with E-state index >= 15 is 0 Å². The zero-order chi connectivity index (χ0) is 6.53. The normalized spacial score (nSPS) is 27.0. The molecular formula is C6H11OS2. The quantitative estimate of drug-likeness (QED) is 0.634. The van der Waals surface area contributed by atoms with Crippen molar-refractivity contribution in [1.82, 2.24) is 0 Å². The van der Waals surface area contributed by atoms with Crippen molar-refractivity contribution in [3.8, 4) is 0 Å². The molecule has 0 bridgehead atoms. The van der Waals surface area contributed by atoms with Crippen molar-refractivity contribution in [3.05, 3.63) is 0 Å². The van der Waals surface area contributed by atoms with E-state index in [2.05, 4.69) is 0 Å². The molecule has 1 nitrogen and oxygen atoms in total. The van der Waals surface area contributed by atoms with Gasteiger partial charge in [0, 0.05) is 16.1 Å². The topological polar surface area (TPSA) is 19.9 Å². The Kier molecular flexibility index (Phi) is 3.86. The molecule has 0 saturated carbocycles. The highest BCUT2D eigenvalue weighted by molar-refractivity contribution is 8.19. The van der Waals surface area contributed by atoms with Gasteiger partial charge in [0.2, 0.25) is 0 Å². The minimum absolute atomic E-state index is 0.113. The summed E-state index contributed by atoms with van der Waals surface area (Å²) in [5.74, 6) is 1.27. The molecule has 1 radical (unpaired) electrons.